The van der Waals surface area contributed by atoms with Crippen molar-refractivity contribution in [3.63, 3.8) is 0 Å². The Morgan fingerprint density at radius 3 is 2.83 bits per heavy atom. The van der Waals surface area contributed by atoms with Crippen LogP contribution in [-0.4, -0.2) is 40.0 Å². The zero-order valence-corrected chi connectivity index (χ0v) is 10.3. The first-order chi connectivity index (χ1) is 8.45. The third kappa shape index (κ3) is 3.35. The molecule has 0 saturated carbocycles. The van der Waals surface area contributed by atoms with Gasteiger partial charge in [-0.3, -0.25) is 9.59 Å². The molecule has 96 valence electrons. The number of carbonyl (C=O) groups is 2. The zero-order chi connectivity index (χ0) is 13.7. The highest BCUT2D eigenvalue weighted by molar-refractivity contribution is 5.93. The van der Waals surface area contributed by atoms with E-state index in [-0.39, 0.29) is 18.4 Å². The van der Waals surface area contributed by atoms with E-state index in [1.807, 2.05) is 6.07 Å². The van der Waals surface area contributed by atoms with Crippen molar-refractivity contribution in [2.75, 3.05) is 13.6 Å². The normalized spacial score (nSPS) is 11.6. The third-order valence-electron chi connectivity index (χ3n) is 2.47. The Bertz CT molecular complexity index is 487. The minimum atomic E-state index is -1.01. The molecule has 1 aromatic heterocycles. The highest BCUT2D eigenvalue weighted by Crippen LogP contribution is 2.07. The third-order valence-corrected chi connectivity index (χ3v) is 2.47. The first-order valence-corrected chi connectivity index (χ1v) is 5.47. The number of hydrogen-bond acceptors (Lipinski definition) is 3. The molecule has 0 radical (unpaired) electrons. The Kier molecular flexibility index (Phi) is 4.49. The fraction of sp³-hybridized carbons (Fsp3) is 0.417. The maximum absolute atomic E-state index is 12.1. The van der Waals surface area contributed by atoms with E-state index >= 15 is 0 Å². The van der Waals surface area contributed by atoms with Gasteiger partial charge in [0.25, 0.3) is 5.91 Å². The van der Waals surface area contributed by atoms with Crippen molar-refractivity contribution in [2.24, 2.45) is 5.92 Å². The molecule has 1 aromatic rings. The van der Waals surface area contributed by atoms with Crippen LogP contribution in [0.1, 0.15) is 17.4 Å². The number of rotatable bonds is 5. The van der Waals surface area contributed by atoms with E-state index in [1.54, 1.807) is 32.3 Å². The van der Waals surface area contributed by atoms with Crippen molar-refractivity contribution in [3.8, 4) is 6.07 Å². The summed E-state index contributed by atoms with van der Waals surface area (Å²) >= 11 is 0. The van der Waals surface area contributed by atoms with Crippen LogP contribution in [0.25, 0.3) is 0 Å². The van der Waals surface area contributed by atoms with Gasteiger partial charge in [-0.2, -0.15) is 5.26 Å². The van der Waals surface area contributed by atoms with E-state index in [1.165, 1.54) is 9.47 Å². The average molecular weight is 249 g/mol. The molecule has 1 heterocycles. The van der Waals surface area contributed by atoms with Crippen molar-refractivity contribution in [1.82, 2.24) is 9.47 Å². The molecule has 1 atom stereocenters. The van der Waals surface area contributed by atoms with Crippen LogP contribution in [0.3, 0.4) is 0 Å². The lowest BCUT2D eigenvalue weighted by Crippen LogP contribution is -2.32. The maximum atomic E-state index is 12.1. The molecule has 0 aromatic carbocycles. The van der Waals surface area contributed by atoms with Gasteiger partial charge in [-0.1, -0.05) is 0 Å². The lowest BCUT2D eigenvalue weighted by atomic mass is 10.2. The molecular weight excluding hydrogens is 234 g/mol. The van der Waals surface area contributed by atoms with Gasteiger partial charge >= 0.3 is 5.97 Å². The van der Waals surface area contributed by atoms with E-state index in [4.69, 9.17) is 10.4 Å². The number of aliphatic carboxylic acids is 1. The number of aromatic nitrogens is 1. The van der Waals surface area contributed by atoms with Gasteiger partial charge in [0.2, 0.25) is 0 Å². The molecule has 1 rings (SSSR count). The quantitative estimate of drug-likeness (QED) is 0.836. The van der Waals surface area contributed by atoms with Crippen molar-refractivity contribution >= 4 is 11.9 Å². The number of nitriles is 1. The van der Waals surface area contributed by atoms with Gasteiger partial charge in [0, 0.05) is 19.8 Å². The fourth-order valence-corrected chi connectivity index (χ4v) is 1.62. The molecule has 1 unspecified atom stereocenters. The molecule has 0 fully saturated rings. The number of amides is 1. The molecule has 0 aliphatic heterocycles. The molecule has 6 nitrogen and oxygen atoms in total. The Morgan fingerprint density at radius 2 is 2.28 bits per heavy atom. The van der Waals surface area contributed by atoms with E-state index in [2.05, 4.69) is 0 Å². The van der Waals surface area contributed by atoms with Crippen LogP contribution in [0.4, 0.5) is 0 Å². The highest BCUT2D eigenvalue weighted by atomic mass is 16.4. The van der Waals surface area contributed by atoms with Crippen molar-refractivity contribution in [2.45, 2.75) is 13.5 Å². The monoisotopic (exact) mass is 249 g/mol. The second kappa shape index (κ2) is 5.87. The average Bonchev–Trinajstić information content (AvgIpc) is 2.74. The number of nitrogens with zero attached hydrogens (tertiary/aromatic N) is 3. The summed E-state index contributed by atoms with van der Waals surface area (Å²) in [5.41, 5.74) is 0.310. The van der Waals surface area contributed by atoms with Crippen molar-refractivity contribution in [1.29, 1.82) is 5.26 Å². The molecule has 0 saturated heterocycles. The van der Waals surface area contributed by atoms with E-state index in [9.17, 15) is 9.59 Å². The Morgan fingerprint density at radius 1 is 1.61 bits per heavy atom. The van der Waals surface area contributed by atoms with Crippen LogP contribution in [0, 0.1) is 17.2 Å². The van der Waals surface area contributed by atoms with Crippen LogP contribution >= 0.6 is 0 Å². The Hall–Kier alpha value is -2.29. The Balaban J connectivity index is 2.81. The lowest BCUT2D eigenvalue weighted by Gasteiger charge is -2.19. The lowest BCUT2D eigenvalue weighted by molar-refractivity contribution is -0.137. The topological polar surface area (TPSA) is 86.3 Å². The van der Waals surface area contributed by atoms with Crippen LogP contribution in [-0.2, 0) is 11.3 Å². The summed E-state index contributed by atoms with van der Waals surface area (Å²) in [6.45, 7) is 1.78. The summed E-state index contributed by atoms with van der Waals surface area (Å²) < 4.78 is 1.37. The molecule has 0 aliphatic carbocycles. The molecule has 1 N–H and O–H groups in total. The maximum Gasteiger partial charge on any atom is 0.323 e. The van der Waals surface area contributed by atoms with Gasteiger partial charge in [-0.05, 0) is 19.1 Å². The predicted octanol–water partition coefficient (Wildman–Crippen LogP) is 0.804. The number of carbonyl (C=O) groups excluding carboxylic acids is 1. The summed E-state index contributed by atoms with van der Waals surface area (Å²) in [5, 5.41) is 17.4. The first-order valence-electron chi connectivity index (χ1n) is 5.47. The molecule has 1 amide bonds. The minimum absolute atomic E-state index is 0.254. The molecule has 0 spiro atoms. The molecule has 18 heavy (non-hydrogen) atoms. The largest absolute Gasteiger partial charge is 0.480 e. The van der Waals surface area contributed by atoms with E-state index < -0.39 is 5.97 Å². The number of hydrogen-bond donors (Lipinski definition) is 1. The summed E-state index contributed by atoms with van der Waals surface area (Å²) in [4.78, 5) is 24.1. The predicted molar refractivity (Wildman–Crippen MR) is 63.8 cm³/mol. The van der Waals surface area contributed by atoms with Crippen molar-refractivity contribution < 1.29 is 14.7 Å². The molecule has 0 bridgehead atoms. The van der Waals surface area contributed by atoms with E-state index in [0.717, 1.165) is 0 Å². The number of carboxylic acid groups (broad SMARTS) is 1. The first kappa shape index (κ1) is 13.8. The minimum Gasteiger partial charge on any atom is -0.480 e. The van der Waals surface area contributed by atoms with Crippen molar-refractivity contribution in [3.05, 3.63) is 24.0 Å². The van der Waals surface area contributed by atoms with Crippen LogP contribution in [0.2, 0.25) is 0 Å². The highest BCUT2D eigenvalue weighted by Gasteiger charge is 2.18. The fourth-order valence-electron chi connectivity index (χ4n) is 1.62. The smallest absolute Gasteiger partial charge is 0.323 e. The number of carboxylic acids is 1. The summed E-state index contributed by atoms with van der Waals surface area (Å²) in [6.07, 6.45) is 1.54. The summed E-state index contributed by atoms with van der Waals surface area (Å²) in [7, 11) is 1.59. The SMILES string of the molecule is CC(C#N)CN(C)C(=O)c1cccn1CC(=O)O. The van der Waals surface area contributed by atoms with Gasteiger partial charge in [0.05, 0.1) is 12.0 Å². The second-order valence-corrected chi connectivity index (χ2v) is 4.13. The molecule has 0 aliphatic rings. The zero-order valence-electron chi connectivity index (χ0n) is 10.3. The summed E-state index contributed by atoms with van der Waals surface area (Å²) in [5.74, 6) is -1.56. The standard InChI is InChI=1S/C12H15N3O3/c1-9(6-13)7-14(2)12(18)10-4-3-5-15(10)8-11(16)17/h3-5,9H,7-8H2,1-2H3,(H,16,17). The van der Waals surface area contributed by atoms with E-state index in [0.29, 0.717) is 12.2 Å². The second-order valence-electron chi connectivity index (χ2n) is 4.13. The van der Waals surface area contributed by atoms with Gasteiger partial charge in [0.1, 0.15) is 12.2 Å². The molecule has 6 heteroatoms. The van der Waals surface area contributed by atoms with Gasteiger partial charge < -0.3 is 14.6 Å². The van der Waals surface area contributed by atoms with Gasteiger partial charge in [0.15, 0.2) is 0 Å². The van der Waals surface area contributed by atoms with Gasteiger partial charge in [-0.15, -0.1) is 0 Å². The van der Waals surface area contributed by atoms with Gasteiger partial charge in [-0.25, -0.2) is 0 Å². The van der Waals surface area contributed by atoms with Crippen LogP contribution in [0.5, 0.6) is 0 Å². The van der Waals surface area contributed by atoms with Crippen LogP contribution < -0.4 is 0 Å². The molecular formula is C12H15N3O3. The Labute approximate surface area is 105 Å². The summed E-state index contributed by atoms with van der Waals surface area (Å²) in [6, 6.07) is 5.24. The van der Waals surface area contributed by atoms with Crippen LogP contribution in [0.15, 0.2) is 18.3 Å².